The second-order valence-corrected chi connectivity index (χ2v) is 4.95. The Morgan fingerprint density at radius 2 is 2.00 bits per heavy atom. The zero-order valence-electron chi connectivity index (χ0n) is 10.9. The number of halogens is 2. The number of rotatable bonds is 3. The Morgan fingerprint density at radius 1 is 1.33 bits per heavy atom. The van der Waals surface area contributed by atoms with Crippen molar-refractivity contribution in [2.24, 2.45) is 5.92 Å². The van der Waals surface area contributed by atoms with Crippen molar-refractivity contribution in [2.75, 3.05) is 24.5 Å². The molecule has 1 N–H and O–H groups in total. The van der Waals surface area contributed by atoms with E-state index in [0.29, 0.717) is 25.0 Å². The van der Waals surface area contributed by atoms with Gasteiger partial charge in [0, 0.05) is 19.1 Å². The highest BCUT2D eigenvalue weighted by atomic mass is 19.1. The van der Waals surface area contributed by atoms with E-state index in [-0.39, 0.29) is 5.69 Å². The molecule has 1 aliphatic heterocycles. The van der Waals surface area contributed by atoms with Gasteiger partial charge in [-0.3, -0.25) is 0 Å². The minimum atomic E-state index is -0.468. The molecule has 4 heteroatoms. The van der Waals surface area contributed by atoms with Gasteiger partial charge in [-0.05, 0) is 31.0 Å². The third-order valence-corrected chi connectivity index (χ3v) is 3.63. The van der Waals surface area contributed by atoms with Crippen LogP contribution in [0.1, 0.15) is 20.3 Å². The molecule has 1 aromatic carbocycles. The first-order valence-electron chi connectivity index (χ1n) is 6.55. The van der Waals surface area contributed by atoms with Crippen LogP contribution in [0.5, 0.6) is 0 Å². The Morgan fingerprint density at radius 3 is 2.56 bits per heavy atom. The van der Waals surface area contributed by atoms with Crippen molar-refractivity contribution in [3.8, 4) is 0 Å². The molecule has 0 amide bonds. The SMILES string of the molecule is CCNC1CCN(c2c(F)cccc2F)CC1C. The molecule has 2 atom stereocenters. The summed E-state index contributed by atoms with van der Waals surface area (Å²) >= 11 is 0. The molecule has 0 aliphatic carbocycles. The summed E-state index contributed by atoms with van der Waals surface area (Å²) in [4.78, 5) is 1.82. The molecule has 1 heterocycles. The van der Waals surface area contributed by atoms with Crippen molar-refractivity contribution in [1.29, 1.82) is 0 Å². The normalized spacial score (nSPS) is 24.3. The average Bonchev–Trinajstić information content (AvgIpc) is 2.32. The lowest BCUT2D eigenvalue weighted by Gasteiger charge is -2.38. The molecular weight excluding hydrogens is 234 g/mol. The quantitative estimate of drug-likeness (QED) is 0.892. The van der Waals surface area contributed by atoms with Gasteiger partial charge in [-0.15, -0.1) is 0 Å². The lowest BCUT2D eigenvalue weighted by molar-refractivity contribution is 0.323. The van der Waals surface area contributed by atoms with Gasteiger partial charge in [0.15, 0.2) is 0 Å². The Labute approximate surface area is 107 Å². The van der Waals surface area contributed by atoms with Gasteiger partial charge in [0.1, 0.15) is 17.3 Å². The van der Waals surface area contributed by atoms with Gasteiger partial charge >= 0.3 is 0 Å². The predicted octanol–water partition coefficient (Wildman–Crippen LogP) is 2.79. The van der Waals surface area contributed by atoms with Gasteiger partial charge in [0.2, 0.25) is 0 Å². The second-order valence-electron chi connectivity index (χ2n) is 4.95. The molecule has 1 saturated heterocycles. The minimum Gasteiger partial charge on any atom is -0.366 e. The van der Waals surface area contributed by atoms with E-state index >= 15 is 0 Å². The lowest BCUT2D eigenvalue weighted by atomic mass is 9.93. The van der Waals surface area contributed by atoms with E-state index in [0.717, 1.165) is 13.0 Å². The van der Waals surface area contributed by atoms with Crippen LogP contribution >= 0.6 is 0 Å². The van der Waals surface area contributed by atoms with Crippen molar-refractivity contribution in [2.45, 2.75) is 26.3 Å². The Kier molecular flexibility index (Phi) is 4.17. The van der Waals surface area contributed by atoms with Gasteiger partial charge in [0.25, 0.3) is 0 Å². The number of nitrogens with one attached hydrogen (secondary N) is 1. The zero-order chi connectivity index (χ0) is 13.1. The van der Waals surface area contributed by atoms with E-state index in [9.17, 15) is 8.78 Å². The highest BCUT2D eigenvalue weighted by molar-refractivity contribution is 5.49. The Bertz CT molecular complexity index is 389. The molecule has 0 bridgehead atoms. The van der Waals surface area contributed by atoms with E-state index in [1.807, 2.05) is 4.90 Å². The van der Waals surface area contributed by atoms with Crippen molar-refractivity contribution in [3.63, 3.8) is 0 Å². The van der Waals surface area contributed by atoms with Gasteiger partial charge in [-0.1, -0.05) is 19.9 Å². The van der Waals surface area contributed by atoms with Gasteiger partial charge in [-0.2, -0.15) is 0 Å². The van der Waals surface area contributed by atoms with Crippen LogP contribution in [0.4, 0.5) is 14.5 Å². The zero-order valence-corrected chi connectivity index (χ0v) is 10.9. The predicted molar refractivity (Wildman–Crippen MR) is 69.8 cm³/mol. The summed E-state index contributed by atoms with van der Waals surface area (Å²) in [5.41, 5.74) is 0.124. The third-order valence-electron chi connectivity index (χ3n) is 3.63. The fourth-order valence-corrected chi connectivity index (χ4v) is 2.71. The summed E-state index contributed by atoms with van der Waals surface area (Å²) in [5, 5.41) is 3.42. The van der Waals surface area contributed by atoms with Crippen LogP contribution in [0.3, 0.4) is 0 Å². The summed E-state index contributed by atoms with van der Waals surface area (Å²) in [6.07, 6.45) is 0.919. The molecule has 0 radical (unpaired) electrons. The highest BCUT2D eigenvalue weighted by Crippen LogP contribution is 2.28. The average molecular weight is 254 g/mol. The lowest BCUT2D eigenvalue weighted by Crippen LogP contribution is -2.48. The number of para-hydroxylation sites is 1. The third kappa shape index (κ3) is 2.64. The van der Waals surface area contributed by atoms with Crippen molar-refractivity contribution in [3.05, 3.63) is 29.8 Å². The van der Waals surface area contributed by atoms with Crippen LogP contribution in [0.2, 0.25) is 0 Å². The molecular formula is C14H20F2N2. The molecule has 1 aliphatic rings. The topological polar surface area (TPSA) is 15.3 Å². The molecule has 0 saturated carbocycles. The van der Waals surface area contributed by atoms with Crippen molar-refractivity contribution < 1.29 is 8.78 Å². The molecule has 1 fully saturated rings. The number of benzene rings is 1. The van der Waals surface area contributed by atoms with Crippen LogP contribution in [0.25, 0.3) is 0 Å². The van der Waals surface area contributed by atoms with Crippen LogP contribution in [-0.2, 0) is 0 Å². The molecule has 2 unspecified atom stereocenters. The summed E-state index contributed by atoms with van der Waals surface area (Å²) in [5.74, 6) is -0.550. The van der Waals surface area contributed by atoms with E-state index < -0.39 is 11.6 Å². The second kappa shape index (κ2) is 5.65. The summed E-state index contributed by atoms with van der Waals surface area (Å²) < 4.78 is 27.4. The standard InChI is InChI=1S/C14H20F2N2/c1-3-17-13-7-8-18(9-10(13)2)14-11(15)5-4-6-12(14)16/h4-6,10,13,17H,3,7-9H2,1-2H3. The van der Waals surface area contributed by atoms with Gasteiger partial charge < -0.3 is 10.2 Å². The van der Waals surface area contributed by atoms with Crippen molar-refractivity contribution in [1.82, 2.24) is 5.32 Å². The van der Waals surface area contributed by atoms with Crippen LogP contribution < -0.4 is 10.2 Å². The number of hydrogen-bond donors (Lipinski definition) is 1. The molecule has 2 rings (SSSR count). The number of piperidine rings is 1. The first kappa shape index (κ1) is 13.3. The highest BCUT2D eigenvalue weighted by Gasteiger charge is 2.28. The van der Waals surface area contributed by atoms with Crippen LogP contribution in [0, 0.1) is 17.6 Å². The summed E-state index contributed by atoms with van der Waals surface area (Å²) in [6.45, 7) is 6.52. The molecule has 2 nitrogen and oxygen atoms in total. The smallest absolute Gasteiger partial charge is 0.149 e. The fourth-order valence-electron chi connectivity index (χ4n) is 2.71. The molecule has 1 aromatic rings. The van der Waals surface area contributed by atoms with Crippen molar-refractivity contribution >= 4 is 5.69 Å². The largest absolute Gasteiger partial charge is 0.366 e. The minimum absolute atomic E-state index is 0.124. The number of anilines is 1. The fraction of sp³-hybridized carbons (Fsp3) is 0.571. The van der Waals surface area contributed by atoms with E-state index in [1.54, 1.807) is 0 Å². The first-order chi connectivity index (χ1) is 8.63. The maximum atomic E-state index is 13.7. The van der Waals surface area contributed by atoms with Crippen LogP contribution in [0.15, 0.2) is 18.2 Å². The van der Waals surface area contributed by atoms with E-state index in [4.69, 9.17) is 0 Å². The van der Waals surface area contributed by atoms with Crippen LogP contribution in [-0.4, -0.2) is 25.7 Å². The maximum Gasteiger partial charge on any atom is 0.149 e. The van der Waals surface area contributed by atoms with E-state index in [1.165, 1.54) is 18.2 Å². The first-order valence-corrected chi connectivity index (χ1v) is 6.55. The molecule has 18 heavy (non-hydrogen) atoms. The summed E-state index contributed by atoms with van der Waals surface area (Å²) in [7, 11) is 0. The Hall–Kier alpha value is -1.16. The van der Waals surface area contributed by atoms with Gasteiger partial charge in [0.05, 0.1) is 0 Å². The molecule has 0 spiro atoms. The molecule has 0 aromatic heterocycles. The van der Waals surface area contributed by atoms with Gasteiger partial charge in [-0.25, -0.2) is 8.78 Å². The maximum absolute atomic E-state index is 13.7. The van der Waals surface area contributed by atoms with E-state index in [2.05, 4.69) is 19.2 Å². The molecule has 100 valence electrons. The Balaban J connectivity index is 2.13. The monoisotopic (exact) mass is 254 g/mol. The summed E-state index contributed by atoms with van der Waals surface area (Å²) in [6, 6.07) is 4.49. The number of hydrogen-bond acceptors (Lipinski definition) is 2. The number of nitrogens with zero attached hydrogens (tertiary/aromatic N) is 1.